The second-order valence-electron chi connectivity index (χ2n) is 3.87. The van der Waals surface area contributed by atoms with Crippen molar-refractivity contribution in [3.8, 4) is 11.8 Å². The largest absolute Gasteiger partial charge is 0.491 e. The van der Waals surface area contributed by atoms with Crippen LogP contribution in [-0.4, -0.2) is 44.6 Å². The number of hydrogen-bond acceptors (Lipinski definition) is 4. The zero-order valence-electron chi connectivity index (χ0n) is 10.6. The summed E-state index contributed by atoms with van der Waals surface area (Å²) in [6.45, 7) is 1.39. The third-order valence-electron chi connectivity index (χ3n) is 2.43. The number of carbonyl (C=O) groups is 1. The molecular formula is C13H17N3O2. The van der Waals surface area contributed by atoms with Gasteiger partial charge in [0, 0.05) is 13.6 Å². The minimum atomic E-state index is -0.0325. The molecule has 0 radical (unpaired) electrons. The maximum Gasteiger partial charge on any atom is 0.233 e. The van der Waals surface area contributed by atoms with Gasteiger partial charge in [0.05, 0.1) is 12.1 Å². The minimum Gasteiger partial charge on any atom is -0.491 e. The minimum absolute atomic E-state index is 0.0325. The molecule has 96 valence electrons. The molecule has 0 atom stereocenters. The van der Waals surface area contributed by atoms with Gasteiger partial charge in [-0.1, -0.05) is 12.1 Å². The lowest BCUT2D eigenvalue weighted by Crippen LogP contribution is -2.35. The molecule has 0 saturated heterocycles. The first-order valence-electron chi connectivity index (χ1n) is 5.68. The van der Waals surface area contributed by atoms with Crippen molar-refractivity contribution in [3.05, 3.63) is 29.8 Å². The standard InChI is InChI=1S/C13H17N3O2/c1-15-13(17)10-16(2)7-8-18-12-6-4-3-5-11(12)9-14/h3-6H,7-8,10H2,1-2H3,(H,15,17). The highest BCUT2D eigenvalue weighted by atomic mass is 16.5. The Bertz CT molecular complexity index is 440. The first-order valence-corrected chi connectivity index (χ1v) is 5.68. The zero-order chi connectivity index (χ0) is 13.4. The van der Waals surface area contributed by atoms with Crippen LogP contribution in [0.4, 0.5) is 0 Å². The molecule has 0 aliphatic carbocycles. The number of benzene rings is 1. The van der Waals surface area contributed by atoms with Gasteiger partial charge in [-0.3, -0.25) is 9.69 Å². The van der Waals surface area contributed by atoms with Crippen LogP contribution in [0.3, 0.4) is 0 Å². The first kappa shape index (κ1) is 14.0. The van der Waals surface area contributed by atoms with Crippen molar-refractivity contribution in [1.82, 2.24) is 10.2 Å². The number of para-hydroxylation sites is 1. The lowest BCUT2D eigenvalue weighted by Gasteiger charge is -2.16. The summed E-state index contributed by atoms with van der Waals surface area (Å²) in [5, 5.41) is 11.4. The van der Waals surface area contributed by atoms with Gasteiger partial charge in [0.15, 0.2) is 0 Å². The Labute approximate surface area is 107 Å². The highest BCUT2D eigenvalue weighted by Crippen LogP contribution is 2.16. The van der Waals surface area contributed by atoms with Crippen LogP contribution >= 0.6 is 0 Å². The summed E-state index contributed by atoms with van der Waals surface area (Å²) < 4.78 is 5.52. The van der Waals surface area contributed by atoms with Crippen molar-refractivity contribution in [1.29, 1.82) is 5.26 Å². The molecule has 0 saturated carbocycles. The molecular weight excluding hydrogens is 230 g/mol. The van der Waals surface area contributed by atoms with Crippen molar-refractivity contribution in [2.24, 2.45) is 0 Å². The van der Waals surface area contributed by atoms with E-state index < -0.39 is 0 Å². The molecule has 0 fully saturated rings. The summed E-state index contributed by atoms with van der Waals surface area (Å²) in [5.41, 5.74) is 0.520. The van der Waals surface area contributed by atoms with Crippen molar-refractivity contribution < 1.29 is 9.53 Å². The van der Waals surface area contributed by atoms with Crippen LogP contribution in [0.2, 0.25) is 0 Å². The number of hydrogen-bond donors (Lipinski definition) is 1. The molecule has 18 heavy (non-hydrogen) atoms. The van der Waals surface area contributed by atoms with E-state index in [1.807, 2.05) is 18.0 Å². The molecule has 1 aromatic carbocycles. The van der Waals surface area contributed by atoms with Crippen LogP contribution in [0.15, 0.2) is 24.3 Å². The predicted octanol–water partition coefficient (Wildman–Crippen LogP) is 0.615. The van der Waals surface area contributed by atoms with E-state index in [0.717, 1.165) is 0 Å². The van der Waals surface area contributed by atoms with Crippen molar-refractivity contribution >= 4 is 5.91 Å². The van der Waals surface area contributed by atoms with E-state index in [0.29, 0.717) is 31.0 Å². The average Bonchev–Trinajstić information content (AvgIpc) is 2.39. The maximum atomic E-state index is 11.1. The second kappa shape index (κ2) is 7.30. The smallest absolute Gasteiger partial charge is 0.233 e. The van der Waals surface area contributed by atoms with Gasteiger partial charge in [-0.05, 0) is 19.2 Å². The number of carbonyl (C=O) groups excluding carboxylic acids is 1. The number of ether oxygens (including phenoxy) is 1. The molecule has 5 nitrogen and oxygen atoms in total. The third-order valence-corrected chi connectivity index (χ3v) is 2.43. The predicted molar refractivity (Wildman–Crippen MR) is 68.2 cm³/mol. The second-order valence-corrected chi connectivity index (χ2v) is 3.87. The Kier molecular flexibility index (Phi) is 5.68. The highest BCUT2D eigenvalue weighted by molar-refractivity contribution is 5.77. The molecule has 1 aromatic rings. The number of nitrogens with zero attached hydrogens (tertiary/aromatic N) is 2. The van der Waals surface area contributed by atoms with Gasteiger partial charge in [-0.2, -0.15) is 5.26 Å². The molecule has 1 N–H and O–H groups in total. The Balaban J connectivity index is 2.38. The van der Waals surface area contributed by atoms with Crippen LogP contribution in [0, 0.1) is 11.3 Å². The average molecular weight is 247 g/mol. The molecule has 0 bridgehead atoms. The van der Waals surface area contributed by atoms with E-state index in [-0.39, 0.29) is 5.91 Å². The molecule has 5 heteroatoms. The summed E-state index contributed by atoms with van der Waals surface area (Å²) in [5.74, 6) is 0.545. The fourth-order valence-electron chi connectivity index (χ4n) is 1.40. The van der Waals surface area contributed by atoms with Crippen LogP contribution in [0.1, 0.15) is 5.56 Å². The summed E-state index contributed by atoms with van der Waals surface area (Å²) >= 11 is 0. The zero-order valence-corrected chi connectivity index (χ0v) is 10.6. The van der Waals surface area contributed by atoms with Crippen molar-refractivity contribution in [2.45, 2.75) is 0 Å². The van der Waals surface area contributed by atoms with E-state index in [1.165, 1.54) is 0 Å². The Morgan fingerprint density at radius 2 is 2.22 bits per heavy atom. The lowest BCUT2D eigenvalue weighted by atomic mass is 10.2. The summed E-state index contributed by atoms with van der Waals surface area (Å²) in [6, 6.07) is 9.16. The Morgan fingerprint density at radius 3 is 2.89 bits per heavy atom. The molecule has 0 aromatic heterocycles. The van der Waals surface area contributed by atoms with E-state index in [4.69, 9.17) is 10.00 Å². The maximum absolute atomic E-state index is 11.1. The summed E-state index contributed by atoms with van der Waals surface area (Å²) in [4.78, 5) is 13.0. The van der Waals surface area contributed by atoms with Gasteiger partial charge in [-0.15, -0.1) is 0 Å². The molecule has 1 amide bonds. The van der Waals surface area contributed by atoms with Crippen molar-refractivity contribution in [2.75, 3.05) is 33.8 Å². The summed E-state index contributed by atoms with van der Waals surface area (Å²) in [6.07, 6.45) is 0. The third kappa shape index (κ3) is 4.44. The molecule has 0 heterocycles. The normalized spacial score (nSPS) is 9.89. The van der Waals surface area contributed by atoms with Crippen LogP contribution in [0.25, 0.3) is 0 Å². The number of rotatable bonds is 6. The number of nitrogens with one attached hydrogen (secondary N) is 1. The highest BCUT2D eigenvalue weighted by Gasteiger charge is 2.05. The molecule has 0 aliphatic heterocycles. The van der Waals surface area contributed by atoms with Gasteiger partial charge >= 0.3 is 0 Å². The quantitative estimate of drug-likeness (QED) is 0.800. The monoisotopic (exact) mass is 247 g/mol. The Hall–Kier alpha value is -2.06. The lowest BCUT2D eigenvalue weighted by molar-refractivity contribution is -0.121. The number of likely N-dealkylation sites (N-methyl/N-ethyl adjacent to an activating group) is 2. The van der Waals surface area contributed by atoms with E-state index >= 15 is 0 Å². The molecule has 0 aliphatic rings. The van der Waals surface area contributed by atoms with Crippen LogP contribution in [-0.2, 0) is 4.79 Å². The van der Waals surface area contributed by atoms with Crippen molar-refractivity contribution in [3.63, 3.8) is 0 Å². The molecule has 1 rings (SSSR count). The fraction of sp³-hybridized carbons (Fsp3) is 0.385. The topological polar surface area (TPSA) is 65.4 Å². The summed E-state index contributed by atoms with van der Waals surface area (Å²) in [7, 11) is 3.45. The van der Waals surface area contributed by atoms with E-state index in [2.05, 4.69) is 11.4 Å². The van der Waals surface area contributed by atoms with E-state index in [1.54, 1.807) is 25.2 Å². The van der Waals surface area contributed by atoms with Crippen LogP contribution < -0.4 is 10.1 Å². The molecule has 0 unspecified atom stereocenters. The first-order chi connectivity index (χ1) is 8.67. The van der Waals surface area contributed by atoms with Gasteiger partial charge in [0.1, 0.15) is 18.4 Å². The van der Waals surface area contributed by atoms with Crippen LogP contribution in [0.5, 0.6) is 5.75 Å². The Morgan fingerprint density at radius 1 is 1.50 bits per heavy atom. The fourth-order valence-corrected chi connectivity index (χ4v) is 1.40. The number of amides is 1. The SMILES string of the molecule is CNC(=O)CN(C)CCOc1ccccc1C#N. The van der Waals surface area contributed by atoms with Gasteiger partial charge in [0.2, 0.25) is 5.91 Å². The van der Waals surface area contributed by atoms with Gasteiger partial charge < -0.3 is 10.1 Å². The van der Waals surface area contributed by atoms with Gasteiger partial charge in [-0.25, -0.2) is 0 Å². The number of nitriles is 1. The van der Waals surface area contributed by atoms with E-state index in [9.17, 15) is 4.79 Å². The molecule has 0 spiro atoms. The van der Waals surface area contributed by atoms with Gasteiger partial charge in [0.25, 0.3) is 0 Å².